The predicted octanol–water partition coefficient (Wildman–Crippen LogP) is -0.473. The maximum atomic E-state index is 12.1. The molecule has 1 aliphatic heterocycles. The summed E-state index contributed by atoms with van der Waals surface area (Å²) in [5, 5.41) is 9.72. The molecule has 1 aliphatic carbocycles. The van der Waals surface area contributed by atoms with Crippen LogP contribution in [0.4, 0.5) is 4.79 Å². The molecule has 8 nitrogen and oxygen atoms in total. The van der Waals surface area contributed by atoms with Crippen LogP contribution in [0.3, 0.4) is 0 Å². The molecule has 0 radical (unpaired) electrons. The molecule has 1 saturated carbocycles. The monoisotopic (exact) mass is 263 g/mol. The summed E-state index contributed by atoms with van der Waals surface area (Å²) in [4.78, 5) is 36.5. The van der Waals surface area contributed by atoms with Crippen LogP contribution in [0.2, 0.25) is 0 Å². The minimum atomic E-state index is -0.957. The van der Waals surface area contributed by atoms with E-state index in [0.717, 1.165) is 4.90 Å². The van der Waals surface area contributed by atoms with Crippen LogP contribution in [0.25, 0.3) is 0 Å². The van der Waals surface area contributed by atoms with Crippen molar-refractivity contribution in [2.45, 2.75) is 25.8 Å². The Morgan fingerprint density at radius 2 is 2.05 bits per heavy atom. The van der Waals surface area contributed by atoms with E-state index >= 15 is 0 Å². The fraction of sp³-hybridized carbons (Fsp3) is 0.545. The molecular formula is C11H13N5O3. The molecule has 0 bridgehead atoms. The van der Waals surface area contributed by atoms with Crippen LogP contribution in [0, 0.1) is 5.41 Å². The fourth-order valence-corrected chi connectivity index (χ4v) is 2.24. The molecule has 2 fully saturated rings. The van der Waals surface area contributed by atoms with Gasteiger partial charge >= 0.3 is 6.03 Å². The zero-order valence-corrected chi connectivity index (χ0v) is 10.2. The number of nitrogens with zero attached hydrogens (tertiary/aromatic N) is 4. The summed E-state index contributed by atoms with van der Waals surface area (Å²) in [6.45, 7) is 0.845. The molecular weight excluding hydrogens is 250 g/mol. The lowest BCUT2D eigenvalue weighted by atomic mass is 10.0. The average molecular weight is 263 g/mol. The molecule has 1 aromatic heterocycles. The van der Waals surface area contributed by atoms with E-state index in [1.54, 1.807) is 17.1 Å². The molecule has 1 aromatic rings. The van der Waals surface area contributed by atoms with Gasteiger partial charge in [0.15, 0.2) is 0 Å². The molecule has 8 heteroatoms. The second-order valence-electron chi connectivity index (χ2n) is 4.82. The van der Waals surface area contributed by atoms with Crippen molar-refractivity contribution < 1.29 is 14.4 Å². The SMILES string of the molecule is O=C1NC(=O)C2(CC2)C(=O)N1CCCn1ccnn1. The molecule has 4 amide bonds. The second kappa shape index (κ2) is 4.15. The zero-order valence-electron chi connectivity index (χ0n) is 10.2. The molecule has 0 atom stereocenters. The summed E-state index contributed by atoms with van der Waals surface area (Å²) < 4.78 is 1.63. The Hall–Kier alpha value is -2.25. The standard InChI is InChI=1S/C11H13N5O3/c17-8-11(2-3-11)9(18)16(10(19)13-8)6-1-5-15-7-4-12-14-15/h4,7H,1-3,5-6H2,(H,13,17,19). The van der Waals surface area contributed by atoms with E-state index in [9.17, 15) is 14.4 Å². The molecule has 0 unspecified atom stereocenters. The van der Waals surface area contributed by atoms with E-state index in [1.165, 1.54) is 0 Å². The summed E-state index contributed by atoms with van der Waals surface area (Å²) in [6, 6.07) is -0.619. The Kier molecular flexibility index (Phi) is 2.58. The quantitative estimate of drug-likeness (QED) is 0.740. The topological polar surface area (TPSA) is 97.2 Å². The molecule has 1 N–H and O–H groups in total. The van der Waals surface area contributed by atoms with Gasteiger partial charge in [0, 0.05) is 19.3 Å². The van der Waals surface area contributed by atoms with Gasteiger partial charge in [-0.05, 0) is 19.3 Å². The fourth-order valence-electron chi connectivity index (χ4n) is 2.24. The van der Waals surface area contributed by atoms with E-state index in [4.69, 9.17) is 0 Å². The number of aryl methyl sites for hydroxylation is 1. The highest BCUT2D eigenvalue weighted by atomic mass is 16.2. The molecule has 100 valence electrons. The van der Waals surface area contributed by atoms with Crippen LogP contribution in [0.1, 0.15) is 19.3 Å². The van der Waals surface area contributed by atoms with Gasteiger partial charge in [0.1, 0.15) is 5.41 Å². The maximum absolute atomic E-state index is 12.1. The number of imide groups is 2. The summed E-state index contributed by atoms with van der Waals surface area (Å²) in [5.74, 6) is -0.810. The van der Waals surface area contributed by atoms with Crippen molar-refractivity contribution in [3.63, 3.8) is 0 Å². The van der Waals surface area contributed by atoms with Crippen LogP contribution in [-0.4, -0.2) is 44.3 Å². The highest BCUT2D eigenvalue weighted by molar-refractivity contribution is 6.20. The van der Waals surface area contributed by atoms with Crippen molar-refractivity contribution in [2.75, 3.05) is 6.54 Å². The first-order valence-electron chi connectivity index (χ1n) is 6.15. The number of rotatable bonds is 4. The van der Waals surface area contributed by atoms with E-state index in [2.05, 4.69) is 15.6 Å². The van der Waals surface area contributed by atoms with E-state index in [1.807, 2.05) is 0 Å². The molecule has 0 aromatic carbocycles. The van der Waals surface area contributed by atoms with Gasteiger partial charge in [-0.25, -0.2) is 4.79 Å². The first-order chi connectivity index (χ1) is 9.13. The first kappa shape index (κ1) is 11.8. The van der Waals surface area contributed by atoms with Crippen molar-refractivity contribution in [1.29, 1.82) is 0 Å². The van der Waals surface area contributed by atoms with Crippen LogP contribution in [0.15, 0.2) is 12.4 Å². The average Bonchev–Trinajstić information content (AvgIpc) is 3.03. The first-order valence-corrected chi connectivity index (χ1v) is 6.15. The number of aromatic nitrogens is 3. The zero-order chi connectivity index (χ0) is 13.5. The third kappa shape index (κ3) is 1.88. The van der Waals surface area contributed by atoms with Crippen molar-refractivity contribution >= 4 is 17.8 Å². The minimum Gasteiger partial charge on any atom is -0.277 e. The van der Waals surface area contributed by atoms with Crippen molar-refractivity contribution in [1.82, 2.24) is 25.2 Å². The maximum Gasteiger partial charge on any atom is 0.330 e. The Morgan fingerprint density at radius 1 is 1.26 bits per heavy atom. The van der Waals surface area contributed by atoms with E-state index in [0.29, 0.717) is 25.8 Å². The largest absolute Gasteiger partial charge is 0.330 e. The van der Waals surface area contributed by atoms with Crippen LogP contribution in [0.5, 0.6) is 0 Å². The number of urea groups is 1. The number of carbonyl (C=O) groups is 3. The lowest BCUT2D eigenvalue weighted by Gasteiger charge is -2.30. The number of amides is 4. The van der Waals surface area contributed by atoms with Gasteiger partial charge in [-0.3, -0.25) is 24.5 Å². The van der Waals surface area contributed by atoms with Crippen LogP contribution < -0.4 is 5.32 Å². The Bertz CT molecular complexity index is 535. The smallest absolute Gasteiger partial charge is 0.277 e. The lowest BCUT2D eigenvalue weighted by Crippen LogP contribution is -2.59. The third-order valence-electron chi connectivity index (χ3n) is 3.55. The molecule has 1 saturated heterocycles. The number of barbiturate groups is 1. The summed E-state index contributed by atoms with van der Waals surface area (Å²) in [5.41, 5.74) is -0.957. The lowest BCUT2D eigenvalue weighted by molar-refractivity contribution is -0.144. The predicted molar refractivity (Wildman–Crippen MR) is 61.6 cm³/mol. The Balaban J connectivity index is 1.62. The number of hydrogen-bond donors (Lipinski definition) is 1. The third-order valence-corrected chi connectivity index (χ3v) is 3.55. The van der Waals surface area contributed by atoms with Crippen molar-refractivity contribution in [2.24, 2.45) is 5.41 Å². The summed E-state index contributed by atoms with van der Waals surface area (Å²) in [7, 11) is 0. The summed E-state index contributed by atoms with van der Waals surface area (Å²) >= 11 is 0. The molecule has 19 heavy (non-hydrogen) atoms. The number of nitrogens with one attached hydrogen (secondary N) is 1. The summed E-state index contributed by atoms with van der Waals surface area (Å²) in [6.07, 6.45) is 4.92. The molecule has 3 rings (SSSR count). The molecule has 2 aliphatic rings. The van der Waals surface area contributed by atoms with Gasteiger partial charge < -0.3 is 0 Å². The molecule has 2 heterocycles. The van der Waals surface area contributed by atoms with E-state index < -0.39 is 17.4 Å². The number of hydrogen-bond acceptors (Lipinski definition) is 5. The van der Waals surface area contributed by atoms with Gasteiger partial charge in [0.05, 0.1) is 6.20 Å². The second-order valence-corrected chi connectivity index (χ2v) is 4.82. The minimum absolute atomic E-state index is 0.277. The van der Waals surface area contributed by atoms with Crippen LogP contribution in [-0.2, 0) is 16.1 Å². The van der Waals surface area contributed by atoms with E-state index in [-0.39, 0.29) is 12.5 Å². The van der Waals surface area contributed by atoms with Crippen molar-refractivity contribution in [3.05, 3.63) is 12.4 Å². The molecule has 1 spiro atoms. The van der Waals surface area contributed by atoms with Gasteiger partial charge in [0.25, 0.3) is 0 Å². The van der Waals surface area contributed by atoms with Crippen LogP contribution >= 0.6 is 0 Å². The highest BCUT2D eigenvalue weighted by Crippen LogP contribution is 2.48. The highest BCUT2D eigenvalue weighted by Gasteiger charge is 2.61. The normalized spacial score (nSPS) is 20.8. The Labute approximate surface area is 108 Å². The van der Waals surface area contributed by atoms with Gasteiger partial charge in [-0.1, -0.05) is 5.21 Å². The Morgan fingerprint density at radius 3 is 2.68 bits per heavy atom. The van der Waals surface area contributed by atoms with Crippen molar-refractivity contribution in [3.8, 4) is 0 Å². The van der Waals surface area contributed by atoms with Gasteiger partial charge in [-0.15, -0.1) is 5.10 Å². The van der Waals surface area contributed by atoms with Gasteiger partial charge in [0.2, 0.25) is 11.8 Å². The van der Waals surface area contributed by atoms with Gasteiger partial charge in [-0.2, -0.15) is 0 Å². The number of carbonyl (C=O) groups excluding carboxylic acids is 3.